The number of carbonyl (C=O) groups is 1. The first-order valence-corrected chi connectivity index (χ1v) is 3.73. The molecule has 0 amide bonds. The van der Waals surface area contributed by atoms with Crippen molar-refractivity contribution in [3.8, 4) is 0 Å². The van der Waals surface area contributed by atoms with Gasteiger partial charge in [0.2, 0.25) is 5.24 Å². The summed E-state index contributed by atoms with van der Waals surface area (Å²) in [5, 5.41) is -0.212. The van der Waals surface area contributed by atoms with E-state index in [0.717, 1.165) is 12.8 Å². The van der Waals surface area contributed by atoms with E-state index in [1.54, 1.807) is 0 Å². The lowest BCUT2D eigenvalue weighted by Gasteiger charge is -2.03. The molecule has 9 heavy (non-hydrogen) atoms. The van der Waals surface area contributed by atoms with Crippen molar-refractivity contribution in [1.82, 2.24) is 0 Å². The summed E-state index contributed by atoms with van der Waals surface area (Å²) in [5.41, 5.74) is 0. The average Bonchev–Trinajstić information content (AvgIpc) is 1.63. The van der Waals surface area contributed by atoms with Gasteiger partial charge in [0.25, 0.3) is 0 Å². The van der Waals surface area contributed by atoms with Gasteiger partial charge in [0.05, 0.1) is 0 Å². The van der Waals surface area contributed by atoms with Gasteiger partial charge in [-0.15, -0.1) is 0 Å². The summed E-state index contributed by atoms with van der Waals surface area (Å²) in [5.74, 6) is 0.458. The molecule has 54 valence electrons. The second-order valence-electron chi connectivity index (χ2n) is 2.45. The highest BCUT2D eigenvalue weighted by molar-refractivity contribution is 6.63. The van der Waals surface area contributed by atoms with Gasteiger partial charge in [-0.25, -0.2) is 0 Å². The van der Waals surface area contributed by atoms with E-state index in [1.165, 1.54) is 0 Å². The molecule has 0 rings (SSSR count). The van der Waals surface area contributed by atoms with Gasteiger partial charge >= 0.3 is 0 Å². The van der Waals surface area contributed by atoms with Crippen LogP contribution in [-0.2, 0) is 4.79 Å². The predicted octanol–water partition coefficient (Wildman–Crippen LogP) is 2.58. The van der Waals surface area contributed by atoms with Crippen molar-refractivity contribution in [3.63, 3.8) is 0 Å². The summed E-state index contributed by atoms with van der Waals surface area (Å²) in [6.07, 6.45) is 2.75. The highest BCUT2D eigenvalue weighted by atomic mass is 35.5. The van der Waals surface area contributed by atoms with E-state index < -0.39 is 0 Å². The molecule has 0 heterocycles. The van der Waals surface area contributed by atoms with Crippen molar-refractivity contribution in [3.05, 3.63) is 0 Å². The van der Waals surface area contributed by atoms with Crippen LogP contribution >= 0.6 is 11.6 Å². The monoisotopic (exact) mass is 148 g/mol. The number of carbonyl (C=O) groups excluding carboxylic acids is 1. The van der Waals surface area contributed by atoms with E-state index >= 15 is 0 Å². The molecule has 0 radical (unpaired) electrons. The first-order chi connectivity index (χ1) is 4.16. The van der Waals surface area contributed by atoms with Gasteiger partial charge in [0.1, 0.15) is 0 Å². The van der Waals surface area contributed by atoms with Crippen LogP contribution < -0.4 is 0 Å². The number of hydrogen-bond acceptors (Lipinski definition) is 1. The largest absolute Gasteiger partial charge is 0.281 e. The van der Waals surface area contributed by atoms with Gasteiger partial charge in [0, 0.05) is 6.42 Å². The molecule has 0 aliphatic heterocycles. The van der Waals surface area contributed by atoms with Gasteiger partial charge < -0.3 is 0 Å². The molecule has 0 unspecified atom stereocenters. The van der Waals surface area contributed by atoms with Crippen LogP contribution in [-0.4, -0.2) is 5.24 Å². The fourth-order valence-electron chi connectivity index (χ4n) is 0.869. The molecule has 0 saturated heterocycles. The fraction of sp³-hybridized carbons (Fsp3) is 0.857. The summed E-state index contributed by atoms with van der Waals surface area (Å²) in [4.78, 5) is 10.3. The zero-order valence-corrected chi connectivity index (χ0v) is 6.74. The normalized spacial score (nSPS) is 13.2. The zero-order valence-electron chi connectivity index (χ0n) is 5.98. The smallest absolute Gasteiger partial charge is 0.221 e. The van der Waals surface area contributed by atoms with E-state index in [1.807, 2.05) is 6.92 Å². The standard InChI is InChI=1S/C7H13ClO/c1-3-4-6(2)5-7(8)9/h6H,3-5H2,1-2H3/t6-/m0/s1. The van der Waals surface area contributed by atoms with E-state index in [9.17, 15) is 4.79 Å². The Balaban J connectivity index is 3.26. The lowest BCUT2D eigenvalue weighted by Crippen LogP contribution is -1.98. The van der Waals surface area contributed by atoms with Crippen LogP contribution in [0.2, 0.25) is 0 Å². The van der Waals surface area contributed by atoms with Crippen LogP contribution in [0.5, 0.6) is 0 Å². The molecule has 0 aliphatic carbocycles. The molecule has 1 atom stereocenters. The molecule has 0 N–H and O–H groups in total. The van der Waals surface area contributed by atoms with Gasteiger partial charge in [-0.1, -0.05) is 26.7 Å². The molecule has 2 heteroatoms. The SMILES string of the molecule is CCC[C@H](C)CC(=O)Cl. The van der Waals surface area contributed by atoms with Crippen molar-refractivity contribution in [1.29, 1.82) is 0 Å². The second kappa shape index (κ2) is 4.80. The number of halogens is 1. The van der Waals surface area contributed by atoms with Gasteiger partial charge in [-0.2, -0.15) is 0 Å². The Labute approximate surface area is 61.4 Å². The van der Waals surface area contributed by atoms with Crippen LogP contribution in [0.1, 0.15) is 33.1 Å². The van der Waals surface area contributed by atoms with Crippen molar-refractivity contribution in [2.75, 3.05) is 0 Å². The third-order valence-electron chi connectivity index (χ3n) is 1.29. The van der Waals surface area contributed by atoms with Gasteiger partial charge in [-0.3, -0.25) is 4.79 Å². The molecule has 0 saturated carbocycles. The summed E-state index contributed by atoms with van der Waals surface area (Å²) in [6, 6.07) is 0. The molecule has 0 aromatic rings. The Hall–Kier alpha value is -0.0400. The Morgan fingerprint density at radius 1 is 1.67 bits per heavy atom. The van der Waals surface area contributed by atoms with Crippen LogP contribution in [0.15, 0.2) is 0 Å². The summed E-state index contributed by atoms with van der Waals surface area (Å²) < 4.78 is 0. The van der Waals surface area contributed by atoms with Crippen molar-refractivity contribution >= 4 is 16.8 Å². The fourth-order valence-corrected chi connectivity index (χ4v) is 1.13. The van der Waals surface area contributed by atoms with Crippen molar-refractivity contribution < 1.29 is 4.79 Å². The molecule has 0 spiro atoms. The molecule has 0 bridgehead atoms. The predicted molar refractivity (Wildman–Crippen MR) is 39.5 cm³/mol. The third-order valence-corrected chi connectivity index (χ3v) is 1.44. The Morgan fingerprint density at radius 2 is 2.22 bits per heavy atom. The quantitative estimate of drug-likeness (QED) is 0.560. The van der Waals surface area contributed by atoms with E-state index in [0.29, 0.717) is 12.3 Å². The molecular weight excluding hydrogens is 136 g/mol. The maximum absolute atomic E-state index is 10.3. The Kier molecular flexibility index (Phi) is 4.78. The van der Waals surface area contributed by atoms with E-state index in [-0.39, 0.29) is 5.24 Å². The minimum atomic E-state index is -0.212. The van der Waals surface area contributed by atoms with Crippen molar-refractivity contribution in [2.24, 2.45) is 5.92 Å². The molecule has 0 aromatic heterocycles. The Morgan fingerprint density at radius 3 is 2.56 bits per heavy atom. The molecule has 0 aromatic carbocycles. The van der Waals surface area contributed by atoms with Crippen LogP contribution in [0.4, 0.5) is 0 Å². The maximum atomic E-state index is 10.3. The van der Waals surface area contributed by atoms with Gasteiger partial charge in [0.15, 0.2) is 0 Å². The van der Waals surface area contributed by atoms with Gasteiger partial charge in [-0.05, 0) is 17.5 Å². The zero-order chi connectivity index (χ0) is 7.28. The highest BCUT2D eigenvalue weighted by Gasteiger charge is 2.03. The number of hydrogen-bond donors (Lipinski definition) is 0. The first-order valence-electron chi connectivity index (χ1n) is 3.35. The van der Waals surface area contributed by atoms with Crippen LogP contribution in [0.25, 0.3) is 0 Å². The molecular formula is C7H13ClO. The maximum Gasteiger partial charge on any atom is 0.221 e. The topological polar surface area (TPSA) is 17.1 Å². The highest BCUT2D eigenvalue weighted by Crippen LogP contribution is 2.10. The lowest BCUT2D eigenvalue weighted by atomic mass is 10.0. The third kappa shape index (κ3) is 5.84. The second-order valence-corrected chi connectivity index (χ2v) is 2.87. The minimum absolute atomic E-state index is 0.212. The molecule has 0 aliphatic rings. The summed E-state index contributed by atoms with van der Waals surface area (Å²) in [7, 11) is 0. The van der Waals surface area contributed by atoms with Crippen molar-refractivity contribution in [2.45, 2.75) is 33.1 Å². The average molecular weight is 149 g/mol. The molecule has 0 fully saturated rings. The Bertz CT molecular complexity index is 90.9. The molecule has 1 nitrogen and oxygen atoms in total. The lowest BCUT2D eigenvalue weighted by molar-refractivity contribution is -0.112. The van der Waals surface area contributed by atoms with E-state index in [4.69, 9.17) is 11.6 Å². The first kappa shape index (κ1) is 8.96. The van der Waals surface area contributed by atoms with Crippen LogP contribution in [0.3, 0.4) is 0 Å². The summed E-state index contributed by atoms with van der Waals surface area (Å²) in [6.45, 7) is 4.15. The number of rotatable bonds is 4. The summed E-state index contributed by atoms with van der Waals surface area (Å²) >= 11 is 5.17. The van der Waals surface area contributed by atoms with Crippen LogP contribution in [0, 0.1) is 5.92 Å². The minimum Gasteiger partial charge on any atom is -0.281 e. The van der Waals surface area contributed by atoms with E-state index in [2.05, 4.69) is 6.92 Å².